The summed E-state index contributed by atoms with van der Waals surface area (Å²) in [6.07, 6.45) is 0.774. The van der Waals surface area contributed by atoms with Crippen molar-refractivity contribution in [1.29, 1.82) is 0 Å². The zero-order valence-electron chi connectivity index (χ0n) is 10.3. The normalized spacial score (nSPS) is 12.2. The molecule has 100 valence electrons. The summed E-state index contributed by atoms with van der Waals surface area (Å²) >= 11 is 11.8. The first-order valence-corrected chi connectivity index (χ1v) is 6.29. The molecule has 1 atom stereocenters. The number of ether oxygens (including phenoxy) is 1. The van der Waals surface area contributed by atoms with Crippen molar-refractivity contribution in [2.75, 3.05) is 19.5 Å². The van der Waals surface area contributed by atoms with Gasteiger partial charge in [0, 0.05) is 12.7 Å². The molecule has 0 aliphatic heterocycles. The molecular formula is C12H16Cl2N2O2. The number of carbonyl (C=O) groups excluding carboxylic acids is 1. The van der Waals surface area contributed by atoms with E-state index in [1.165, 1.54) is 12.1 Å². The Morgan fingerprint density at radius 3 is 2.44 bits per heavy atom. The van der Waals surface area contributed by atoms with Gasteiger partial charge in [-0.05, 0) is 18.6 Å². The number of methoxy groups -OCH3 is 1. The molecule has 1 aromatic carbocycles. The third kappa shape index (κ3) is 3.77. The quantitative estimate of drug-likeness (QED) is 0.820. The zero-order valence-corrected chi connectivity index (χ0v) is 11.8. The molecule has 1 rings (SSSR count). The molecule has 0 spiro atoms. The number of hydrogen-bond acceptors (Lipinski definition) is 3. The Labute approximate surface area is 116 Å². The van der Waals surface area contributed by atoms with Crippen LogP contribution in [0.2, 0.25) is 10.0 Å². The van der Waals surface area contributed by atoms with E-state index in [0.29, 0.717) is 12.2 Å². The van der Waals surface area contributed by atoms with E-state index < -0.39 is 0 Å². The van der Waals surface area contributed by atoms with Gasteiger partial charge in [-0.25, -0.2) is 0 Å². The zero-order chi connectivity index (χ0) is 13.7. The van der Waals surface area contributed by atoms with Crippen molar-refractivity contribution in [1.82, 2.24) is 5.32 Å². The smallest absolute Gasteiger partial charge is 0.251 e. The highest BCUT2D eigenvalue weighted by molar-refractivity contribution is 6.39. The maximum absolute atomic E-state index is 12.0. The summed E-state index contributed by atoms with van der Waals surface area (Å²) in [6.45, 7) is 2.42. The monoisotopic (exact) mass is 290 g/mol. The molecule has 1 aromatic rings. The van der Waals surface area contributed by atoms with Crippen LogP contribution in [0.1, 0.15) is 23.7 Å². The second-order valence-electron chi connectivity index (χ2n) is 3.89. The van der Waals surface area contributed by atoms with E-state index in [1.807, 2.05) is 6.92 Å². The van der Waals surface area contributed by atoms with Crippen LogP contribution in [0.25, 0.3) is 0 Å². The average molecular weight is 291 g/mol. The standard InChI is InChI=1S/C12H16Cl2N2O2/c1-3-8(6-18-2)16-12(17)7-4-9(13)11(15)10(14)5-7/h4-5,8H,3,6,15H2,1-2H3,(H,16,17). The van der Waals surface area contributed by atoms with E-state index in [1.54, 1.807) is 7.11 Å². The van der Waals surface area contributed by atoms with E-state index in [2.05, 4.69) is 5.32 Å². The lowest BCUT2D eigenvalue weighted by Crippen LogP contribution is -2.37. The lowest BCUT2D eigenvalue weighted by molar-refractivity contribution is 0.0894. The highest BCUT2D eigenvalue weighted by Crippen LogP contribution is 2.28. The Kier molecular flexibility index (Phi) is 5.72. The molecule has 1 unspecified atom stereocenters. The molecule has 0 bridgehead atoms. The van der Waals surface area contributed by atoms with Gasteiger partial charge in [-0.1, -0.05) is 30.1 Å². The van der Waals surface area contributed by atoms with Crippen LogP contribution in [-0.2, 0) is 4.74 Å². The van der Waals surface area contributed by atoms with Crippen LogP contribution in [0.15, 0.2) is 12.1 Å². The van der Waals surface area contributed by atoms with Gasteiger partial charge in [-0.15, -0.1) is 0 Å². The van der Waals surface area contributed by atoms with Gasteiger partial charge in [-0.3, -0.25) is 4.79 Å². The minimum absolute atomic E-state index is 0.0439. The highest BCUT2D eigenvalue weighted by Gasteiger charge is 2.14. The molecule has 0 aromatic heterocycles. The average Bonchev–Trinajstić information content (AvgIpc) is 2.34. The van der Waals surface area contributed by atoms with Crippen LogP contribution >= 0.6 is 23.2 Å². The molecule has 0 aliphatic rings. The van der Waals surface area contributed by atoms with Crippen LogP contribution in [0, 0.1) is 0 Å². The number of nitrogens with one attached hydrogen (secondary N) is 1. The van der Waals surface area contributed by atoms with Crippen molar-refractivity contribution in [3.05, 3.63) is 27.7 Å². The number of nitrogen functional groups attached to an aromatic ring is 1. The molecule has 0 aliphatic carbocycles. The van der Waals surface area contributed by atoms with Crippen LogP contribution in [0.4, 0.5) is 5.69 Å². The second-order valence-corrected chi connectivity index (χ2v) is 4.70. The molecule has 6 heteroatoms. The predicted octanol–water partition coefficient (Wildman–Crippen LogP) is 2.73. The van der Waals surface area contributed by atoms with Crippen molar-refractivity contribution in [2.45, 2.75) is 19.4 Å². The van der Waals surface area contributed by atoms with Gasteiger partial charge in [0.2, 0.25) is 0 Å². The van der Waals surface area contributed by atoms with E-state index >= 15 is 0 Å². The Hall–Kier alpha value is -0.970. The Balaban J connectivity index is 2.84. The minimum atomic E-state index is -0.247. The largest absolute Gasteiger partial charge is 0.396 e. The fourth-order valence-electron chi connectivity index (χ4n) is 1.45. The van der Waals surface area contributed by atoms with Gasteiger partial charge in [0.1, 0.15) is 0 Å². The van der Waals surface area contributed by atoms with Gasteiger partial charge in [0.15, 0.2) is 0 Å². The lowest BCUT2D eigenvalue weighted by atomic mass is 10.1. The number of rotatable bonds is 5. The topological polar surface area (TPSA) is 64.3 Å². The van der Waals surface area contributed by atoms with E-state index in [9.17, 15) is 4.79 Å². The summed E-state index contributed by atoms with van der Waals surface area (Å²) < 4.78 is 5.01. The number of hydrogen-bond donors (Lipinski definition) is 2. The summed E-state index contributed by atoms with van der Waals surface area (Å²) in [7, 11) is 1.59. The number of amides is 1. The third-order valence-corrected chi connectivity index (χ3v) is 3.16. The summed E-state index contributed by atoms with van der Waals surface area (Å²) in [5, 5.41) is 3.38. The van der Waals surface area contributed by atoms with Crippen molar-refractivity contribution in [3.8, 4) is 0 Å². The molecule has 0 saturated carbocycles. The first-order valence-electron chi connectivity index (χ1n) is 5.53. The van der Waals surface area contributed by atoms with Crippen LogP contribution in [0.5, 0.6) is 0 Å². The molecule has 18 heavy (non-hydrogen) atoms. The third-order valence-electron chi connectivity index (χ3n) is 2.54. The van der Waals surface area contributed by atoms with Crippen molar-refractivity contribution >= 4 is 34.8 Å². The van der Waals surface area contributed by atoms with Crippen LogP contribution < -0.4 is 11.1 Å². The second kappa shape index (κ2) is 6.83. The van der Waals surface area contributed by atoms with Gasteiger partial charge in [0.05, 0.1) is 28.4 Å². The number of nitrogens with two attached hydrogens (primary N) is 1. The molecule has 0 radical (unpaired) electrons. The summed E-state index contributed by atoms with van der Waals surface area (Å²) in [6, 6.07) is 2.95. The predicted molar refractivity (Wildman–Crippen MR) is 74.3 cm³/mol. The van der Waals surface area contributed by atoms with Gasteiger partial charge < -0.3 is 15.8 Å². The summed E-state index contributed by atoms with van der Waals surface area (Å²) in [4.78, 5) is 12.0. The van der Waals surface area contributed by atoms with Crippen LogP contribution in [-0.4, -0.2) is 25.7 Å². The molecular weight excluding hydrogens is 275 g/mol. The van der Waals surface area contributed by atoms with Crippen molar-refractivity contribution in [3.63, 3.8) is 0 Å². The van der Waals surface area contributed by atoms with Crippen molar-refractivity contribution < 1.29 is 9.53 Å². The molecule has 0 saturated heterocycles. The fraction of sp³-hybridized carbons (Fsp3) is 0.417. The number of carbonyl (C=O) groups is 1. The molecule has 0 fully saturated rings. The molecule has 4 nitrogen and oxygen atoms in total. The Morgan fingerprint density at radius 2 is 2.00 bits per heavy atom. The molecule has 1 amide bonds. The number of benzene rings is 1. The summed E-state index contributed by atoms with van der Waals surface area (Å²) in [5.74, 6) is -0.247. The molecule has 3 N–H and O–H groups in total. The Bertz CT molecular complexity index is 415. The van der Waals surface area contributed by atoms with E-state index in [0.717, 1.165) is 6.42 Å². The van der Waals surface area contributed by atoms with E-state index in [-0.39, 0.29) is 27.7 Å². The minimum Gasteiger partial charge on any atom is -0.396 e. The van der Waals surface area contributed by atoms with Gasteiger partial charge >= 0.3 is 0 Å². The molecule has 0 heterocycles. The SMILES string of the molecule is CCC(COC)NC(=O)c1cc(Cl)c(N)c(Cl)c1. The first kappa shape index (κ1) is 15.1. The van der Waals surface area contributed by atoms with Gasteiger partial charge in [-0.2, -0.15) is 0 Å². The lowest BCUT2D eigenvalue weighted by Gasteiger charge is -2.16. The maximum Gasteiger partial charge on any atom is 0.251 e. The summed E-state index contributed by atoms with van der Waals surface area (Å²) in [5.41, 5.74) is 6.27. The number of halogens is 2. The maximum atomic E-state index is 12.0. The van der Waals surface area contributed by atoms with Crippen LogP contribution in [0.3, 0.4) is 0 Å². The Morgan fingerprint density at radius 1 is 1.44 bits per heavy atom. The van der Waals surface area contributed by atoms with Gasteiger partial charge in [0.25, 0.3) is 5.91 Å². The highest BCUT2D eigenvalue weighted by atomic mass is 35.5. The van der Waals surface area contributed by atoms with E-state index in [4.69, 9.17) is 33.7 Å². The van der Waals surface area contributed by atoms with Crippen molar-refractivity contribution in [2.24, 2.45) is 0 Å². The number of anilines is 1. The fourth-order valence-corrected chi connectivity index (χ4v) is 1.93. The first-order chi connectivity index (χ1) is 8.49.